The molecule has 5 N–H and O–H groups in total. The number of nitrogens with zero attached hydrogens (tertiary/aromatic N) is 1. The van der Waals surface area contributed by atoms with Crippen molar-refractivity contribution in [3.8, 4) is 0 Å². The first-order valence-electron chi connectivity index (χ1n) is 10.6. The maximum atomic E-state index is 13.0. The average Bonchev–Trinajstić information content (AvgIpc) is 3.23. The normalized spacial score (nSPS) is 21.3. The first-order chi connectivity index (χ1) is 14.1. The highest BCUT2D eigenvalue weighted by Crippen LogP contribution is 2.19. The third-order valence-electron chi connectivity index (χ3n) is 5.97. The zero-order chi connectivity index (χ0) is 23.0. The van der Waals surface area contributed by atoms with Crippen LogP contribution in [0.15, 0.2) is 0 Å². The summed E-state index contributed by atoms with van der Waals surface area (Å²) in [5.74, 6) is -2.67. The van der Waals surface area contributed by atoms with Gasteiger partial charge in [0.1, 0.15) is 18.1 Å². The summed E-state index contributed by atoms with van der Waals surface area (Å²) < 4.78 is 0. The van der Waals surface area contributed by atoms with Crippen molar-refractivity contribution in [3.05, 3.63) is 0 Å². The van der Waals surface area contributed by atoms with E-state index in [-0.39, 0.29) is 17.6 Å². The number of rotatable bonds is 11. The second-order valence-corrected chi connectivity index (χ2v) is 8.42. The maximum absolute atomic E-state index is 13.0. The molecule has 1 rings (SSSR count). The van der Waals surface area contributed by atoms with Gasteiger partial charge in [0.15, 0.2) is 0 Å². The summed E-state index contributed by atoms with van der Waals surface area (Å²) >= 11 is 4.17. The number of hydrogen-bond acceptors (Lipinski definition) is 6. The molecule has 0 aliphatic carbocycles. The SMILES string of the molecule is CCC(C)C(N)C(=O)NC(C(=O)NC(CS)C(=O)N1CCCC1C(=O)O)C(C)CC. The van der Waals surface area contributed by atoms with Crippen molar-refractivity contribution in [2.45, 2.75) is 77.5 Å². The lowest BCUT2D eigenvalue weighted by Gasteiger charge is -2.30. The molecule has 0 aromatic rings. The highest BCUT2D eigenvalue weighted by atomic mass is 32.1. The Morgan fingerprint density at radius 1 is 1.10 bits per heavy atom. The van der Waals surface area contributed by atoms with Gasteiger partial charge in [-0.1, -0.05) is 40.5 Å². The fraction of sp³-hybridized carbons (Fsp3) is 0.800. The fourth-order valence-corrected chi connectivity index (χ4v) is 3.65. The topological polar surface area (TPSA) is 142 Å². The lowest BCUT2D eigenvalue weighted by atomic mass is 9.95. The summed E-state index contributed by atoms with van der Waals surface area (Å²) in [7, 11) is 0. The third kappa shape index (κ3) is 6.60. The molecular weight excluding hydrogens is 408 g/mol. The van der Waals surface area contributed by atoms with Crippen molar-refractivity contribution in [2.75, 3.05) is 12.3 Å². The molecule has 1 aliphatic heterocycles. The molecule has 0 bridgehead atoms. The summed E-state index contributed by atoms with van der Waals surface area (Å²) in [5, 5.41) is 14.7. The van der Waals surface area contributed by atoms with E-state index in [0.717, 1.165) is 6.42 Å². The Labute approximate surface area is 183 Å². The van der Waals surface area contributed by atoms with E-state index < -0.39 is 47.9 Å². The van der Waals surface area contributed by atoms with Crippen LogP contribution >= 0.6 is 12.6 Å². The molecule has 1 fully saturated rings. The van der Waals surface area contributed by atoms with Gasteiger partial charge in [-0.15, -0.1) is 0 Å². The first kappa shape index (κ1) is 26.2. The van der Waals surface area contributed by atoms with Crippen molar-refractivity contribution in [1.29, 1.82) is 0 Å². The number of nitrogens with one attached hydrogen (secondary N) is 2. The van der Waals surface area contributed by atoms with Gasteiger partial charge < -0.3 is 26.4 Å². The number of nitrogens with two attached hydrogens (primary N) is 1. The van der Waals surface area contributed by atoms with Crippen molar-refractivity contribution >= 4 is 36.3 Å². The quantitative estimate of drug-likeness (QED) is 0.292. The van der Waals surface area contributed by atoms with Gasteiger partial charge in [0.05, 0.1) is 6.04 Å². The highest BCUT2D eigenvalue weighted by molar-refractivity contribution is 7.80. The van der Waals surface area contributed by atoms with Crippen molar-refractivity contribution < 1.29 is 24.3 Å². The van der Waals surface area contributed by atoms with Crippen LogP contribution < -0.4 is 16.4 Å². The van der Waals surface area contributed by atoms with Crippen LogP contribution in [0.4, 0.5) is 0 Å². The number of hydrogen-bond donors (Lipinski definition) is 5. The van der Waals surface area contributed by atoms with Gasteiger partial charge in [-0.25, -0.2) is 4.79 Å². The zero-order valence-electron chi connectivity index (χ0n) is 18.3. The van der Waals surface area contributed by atoms with Crippen molar-refractivity contribution in [2.24, 2.45) is 17.6 Å². The van der Waals surface area contributed by atoms with Gasteiger partial charge >= 0.3 is 5.97 Å². The number of carbonyl (C=O) groups excluding carboxylic acids is 3. The molecule has 1 heterocycles. The van der Waals surface area contributed by atoms with Crippen molar-refractivity contribution in [3.63, 3.8) is 0 Å². The minimum absolute atomic E-state index is 0.0148. The Balaban J connectivity index is 2.91. The van der Waals surface area contributed by atoms with Crippen molar-refractivity contribution in [1.82, 2.24) is 15.5 Å². The monoisotopic (exact) mass is 444 g/mol. The number of carbonyl (C=O) groups is 4. The molecule has 0 radical (unpaired) electrons. The van der Waals surface area contributed by atoms with Gasteiger partial charge in [-0.3, -0.25) is 14.4 Å². The Kier molecular flexibility index (Phi) is 10.6. The van der Waals surface area contributed by atoms with Crippen LogP contribution in [0.25, 0.3) is 0 Å². The third-order valence-corrected chi connectivity index (χ3v) is 6.34. The first-order valence-corrected chi connectivity index (χ1v) is 11.2. The predicted octanol–water partition coefficient (Wildman–Crippen LogP) is 0.381. The lowest BCUT2D eigenvalue weighted by molar-refractivity contribution is -0.149. The molecule has 10 heteroatoms. The molecular formula is C20H36N4O5S. The molecule has 0 saturated carbocycles. The van der Waals surface area contributed by atoms with E-state index in [2.05, 4.69) is 23.3 Å². The molecule has 0 spiro atoms. The summed E-state index contributed by atoms with van der Waals surface area (Å²) in [6, 6.07) is -3.47. The Hall–Kier alpha value is -1.81. The van der Waals surface area contributed by atoms with E-state index in [9.17, 15) is 24.3 Å². The molecule has 3 amide bonds. The Morgan fingerprint density at radius 2 is 1.70 bits per heavy atom. The highest BCUT2D eigenvalue weighted by Gasteiger charge is 2.38. The number of thiol groups is 1. The van der Waals surface area contributed by atoms with E-state index in [1.54, 1.807) is 0 Å². The number of amides is 3. The maximum Gasteiger partial charge on any atom is 0.326 e. The number of carboxylic acid groups (broad SMARTS) is 1. The van der Waals surface area contributed by atoms with Gasteiger partial charge in [-0.05, 0) is 24.7 Å². The van der Waals surface area contributed by atoms with Gasteiger partial charge in [0, 0.05) is 12.3 Å². The van der Waals surface area contributed by atoms with Crippen LogP contribution in [0.5, 0.6) is 0 Å². The van der Waals surface area contributed by atoms with Gasteiger partial charge in [0.2, 0.25) is 17.7 Å². The average molecular weight is 445 g/mol. The molecule has 0 aromatic carbocycles. The lowest BCUT2D eigenvalue weighted by Crippen LogP contribution is -2.59. The molecule has 1 aliphatic rings. The van der Waals surface area contributed by atoms with Crippen LogP contribution in [-0.2, 0) is 19.2 Å². The van der Waals surface area contributed by atoms with E-state index in [0.29, 0.717) is 25.8 Å². The molecule has 0 aromatic heterocycles. The number of aliphatic carboxylic acids is 1. The largest absolute Gasteiger partial charge is 0.480 e. The molecule has 9 nitrogen and oxygen atoms in total. The summed E-state index contributed by atoms with van der Waals surface area (Å²) in [6.45, 7) is 7.85. The molecule has 30 heavy (non-hydrogen) atoms. The minimum Gasteiger partial charge on any atom is -0.480 e. The Bertz CT molecular complexity index is 632. The fourth-order valence-electron chi connectivity index (χ4n) is 3.40. The van der Waals surface area contributed by atoms with E-state index >= 15 is 0 Å². The van der Waals surface area contributed by atoms with Crippen LogP contribution in [0, 0.1) is 11.8 Å². The standard InChI is InChI=1S/C20H36N4O5S/c1-5-11(3)15(21)17(25)23-16(12(4)6-2)18(26)22-13(10-30)19(27)24-9-7-8-14(24)20(28)29/h11-16,30H,5-10,21H2,1-4H3,(H,22,26)(H,23,25)(H,28,29). The Morgan fingerprint density at radius 3 is 2.20 bits per heavy atom. The van der Waals surface area contributed by atoms with E-state index in [1.165, 1.54) is 4.90 Å². The van der Waals surface area contributed by atoms with Crippen LogP contribution in [0.1, 0.15) is 53.4 Å². The number of carboxylic acids is 1. The van der Waals surface area contributed by atoms with E-state index in [1.807, 2.05) is 27.7 Å². The second kappa shape index (κ2) is 12.1. The number of likely N-dealkylation sites (tertiary alicyclic amines) is 1. The van der Waals surface area contributed by atoms with Crippen LogP contribution in [-0.4, -0.2) is 70.2 Å². The van der Waals surface area contributed by atoms with E-state index in [4.69, 9.17) is 5.73 Å². The van der Waals surface area contributed by atoms with Gasteiger partial charge in [-0.2, -0.15) is 12.6 Å². The van der Waals surface area contributed by atoms with Crippen LogP contribution in [0.2, 0.25) is 0 Å². The predicted molar refractivity (Wildman–Crippen MR) is 117 cm³/mol. The second-order valence-electron chi connectivity index (χ2n) is 8.05. The molecule has 172 valence electrons. The minimum atomic E-state index is -1.06. The molecule has 6 atom stereocenters. The van der Waals surface area contributed by atoms with Gasteiger partial charge in [0.25, 0.3) is 0 Å². The van der Waals surface area contributed by atoms with Crippen LogP contribution in [0.3, 0.4) is 0 Å². The summed E-state index contributed by atoms with van der Waals surface area (Å²) in [4.78, 5) is 51.0. The molecule has 1 saturated heterocycles. The zero-order valence-corrected chi connectivity index (χ0v) is 19.2. The smallest absolute Gasteiger partial charge is 0.326 e. The molecule has 6 unspecified atom stereocenters. The summed E-state index contributed by atoms with van der Waals surface area (Å²) in [5.41, 5.74) is 5.99. The summed E-state index contributed by atoms with van der Waals surface area (Å²) in [6.07, 6.45) is 2.33.